The van der Waals surface area contributed by atoms with Crippen molar-refractivity contribution in [1.82, 2.24) is 16.0 Å². The number of carbonyl (C=O) groups is 4. The number of carboxylic acid groups (broad SMARTS) is 1. The van der Waals surface area contributed by atoms with Gasteiger partial charge < -0.3 is 37.6 Å². The Balaban J connectivity index is 5.07. The van der Waals surface area contributed by atoms with Crippen LogP contribution in [0, 0.1) is 11.8 Å². The molecule has 0 spiro atoms. The highest BCUT2D eigenvalue weighted by atomic mass is 16.4. The quantitative estimate of drug-likeness (QED) is 0.158. The van der Waals surface area contributed by atoms with Crippen LogP contribution >= 0.6 is 0 Å². The van der Waals surface area contributed by atoms with Crippen LogP contribution < -0.4 is 27.4 Å². The maximum atomic E-state index is 12.6. The lowest BCUT2D eigenvalue weighted by molar-refractivity contribution is -0.144. The molecule has 0 aromatic carbocycles. The molecule has 0 fully saturated rings. The largest absolute Gasteiger partial charge is 0.480 e. The molecule has 0 aliphatic carbocycles. The number of amides is 3. The van der Waals surface area contributed by atoms with E-state index in [0.717, 1.165) is 6.42 Å². The Bertz CT molecular complexity index is 584. The Morgan fingerprint density at radius 3 is 1.80 bits per heavy atom. The summed E-state index contributed by atoms with van der Waals surface area (Å²) in [5.74, 6) is -3.97. The molecule has 0 aliphatic heterocycles. The predicted molar refractivity (Wildman–Crippen MR) is 111 cm³/mol. The topological polar surface area (TPSA) is 197 Å². The molecule has 11 heteroatoms. The molecule has 0 saturated heterocycles. The van der Waals surface area contributed by atoms with E-state index < -0.39 is 60.4 Å². The van der Waals surface area contributed by atoms with Crippen molar-refractivity contribution in [2.45, 2.75) is 71.1 Å². The summed E-state index contributed by atoms with van der Waals surface area (Å²) in [6, 6.07) is -4.32. The van der Waals surface area contributed by atoms with Gasteiger partial charge >= 0.3 is 5.97 Å². The highest BCUT2D eigenvalue weighted by Gasteiger charge is 2.32. The van der Waals surface area contributed by atoms with Gasteiger partial charge in [-0.25, -0.2) is 4.79 Å². The second-order valence-corrected chi connectivity index (χ2v) is 7.93. The monoisotopic (exact) mass is 431 g/mol. The summed E-state index contributed by atoms with van der Waals surface area (Å²) in [6.45, 7) is 6.41. The molecule has 0 aromatic rings. The summed E-state index contributed by atoms with van der Waals surface area (Å²) in [5, 5.41) is 25.9. The second-order valence-electron chi connectivity index (χ2n) is 7.93. The van der Waals surface area contributed by atoms with Crippen LogP contribution in [0.15, 0.2) is 0 Å². The lowest BCUT2D eigenvalue weighted by Gasteiger charge is -2.26. The molecule has 30 heavy (non-hydrogen) atoms. The number of carboxylic acids is 1. The molecule has 0 radical (unpaired) electrons. The van der Waals surface area contributed by atoms with Crippen LogP contribution in [0.25, 0.3) is 0 Å². The predicted octanol–water partition coefficient (Wildman–Crippen LogP) is -1.71. The zero-order chi connectivity index (χ0) is 23.4. The molecule has 0 rings (SSSR count). The third-order valence-electron chi connectivity index (χ3n) is 4.60. The summed E-state index contributed by atoms with van der Waals surface area (Å²) in [5.41, 5.74) is 11.3. The molecular weight excluding hydrogens is 394 g/mol. The second kappa shape index (κ2) is 13.9. The number of hydrogen-bond donors (Lipinski definition) is 7. The first-order valence-electron chi connectivity index (χ1n) is 10.2. The van der Waals surface area contributed by atoms with Crippen molar-refractivity contribution < 1.29 is 29.4 Å². The summed E-state index contributed by atoms with van der Waals surface area (Å²) in [4.78, 5) is 48.5. The molecule has 4 unspecified atom stereocenters. The smallest absolute Gasteiger partial charge is 0.326 e. The SMILES string of the molecule is CC(C)C(NC(=O)C(CO)NC(=O)C(NC(=O)C(N)CCCCN)C(C)C)C(=O)O. The van der Waals surface area contributed by atoms with E-state index in [4.69, 9.17) is 11.5 Å². The van der Waals surface area contributed by atoms with E-state index in [-0.39, 0.29) is 5.92 Å². The van der Waals surface area contributed by atoms with Gasteiger partial charge in [-0.1, -0.05) is 34.1 Å². The minimum atomic E-state index is -1.37. The Morgan fingerprint density at radius 2 is 1.37 bits per heavy atom. The van der Waals surface area contributed by atoms with Crippen molar-refractivity contribution in [2.24, 2.45) is 23.3 Å². The van der Waals surface area contributed by atoms with E-state index in [1.165, 1.54) is 0 Å². The first-order valence-corrected chi connectivity index (χ1v) is 10.2. The Labute approximate surface area is 177 Å². The van der Waals surface area contributed by atoms with Crippen molar-refractivity contribution in [2.75, 3.05) is 13.2 Å². The minimum absolute atomic E-state index is 0.324. The average molecular weight is 432 g/mol. The van der Waals surface area contributed by atoms with Gasteiger partial charge in [0.05, 0.1) is 12.6 Å². The van der Waals surface area contributed by atoms with Crippen LogP contribution in [0.2, 0.25) is 0 Å². The molecule has 4 atom stereocenters. The number of aliphatic carboxylic acids is 1. The minimum Gasteiger partial charge on any atom is -0.480 e. The maximum absolute atomic E-state index is 12.6. The standard InChI is InChI=1S/C19H37N5O6/c1-10(2)14(23-16(26)12(21)7-5-6-8-20)18(28)22-13(9-25)17(27)24-15(11(3)4)19(29)30/h10-15,25H,5-9,20-21H2,1-4H3,(H,22,28)(H,23,26)(H,24,27)(H,29,30). The van der Waals surface area contributed by atoms with E-state index in [1.54, 1.807) is 27.7 Å². The molecule has 9 N–H and O–H groups in total. The number of aliphatic hydroxyl groups is 1. The summed E-state index contributed by atoms with van der Waals surface area (Å²) in [7, 11) is 0. The van der Waals surface area contributed by atoms with E-state index >= 15 is 0 Å². The van der Waals surface area contributed by atoms with E-state index in [1.807, 2.05) is 0 Å². The zero-order valence-corrected chi connectivity index (χ0v) is 18.2. The van der Waals surface area contributed by atoms with Gasteiger partial charge in [-0.05, 0) is 31.2 Å². The van der Waals surface area contributed by atoms with Gasteiger partial charge in [0.1, 0.15) is 18.1 Å². The Kier molecular flexibility index (Phi) is 12.8. The van der Waals surface area contributed by atoms with Crippen molar-refractivity contribution in [1.29, 1.82) is 0 Å². The summed E-state index contributed by atoms with van der Waals surface area (Å²) < 4.78 is 0. The van der Waals surface area contributed by atoms with Crippen molar-refractivity contribution in [3.05, 3.63) is 0 Å². The van der Waals surface area contributed by atoms with E-state index in [9.17, 15) is 29.4 Å². The maximum Gasteiger partial charge on any atom is 0.326 e. The highest BCUT2D eigenvalue weighted by molar-refractivity contribution is 5.94. The van der Waals surface area contributed by atoms with Crippen molar-refractivity contribution in [3.8, 4) is 0 Å². The molecule has 0 saturated carbocycles. The molecule has 3 amide bonds. The first kappa shape index (κ1) is 27.8. The van der Waals surface area contributed by atoms with Crippen LogP contribution in [0.3, 0.4) is 0 Å². The molecule has 174 valence electrons. The number of rotatable bonds is 14. The molecule has 0 heterocycles. The molecular formula is C19H37N5O6. The average Bonchev–Trinajstić information content (AvgIpc) is 2.66. The third-order valence-corrected chi connectivity index (χ3v) is 4.60. The number of nitrogens with one attached hydrogen (secondary N) is 3. The fourth-order valence-electron chi connectivity index (χ4n) is 2.66. The number of carbonyl (C=O) groups excluding carboxylic acids is 3. The van der Waals surface area contributed by atoms with Gasteiger partial charge in [0.15, 0.2) is 0 Å². The lowest BCUT2D eigenvalue weighted by atomic mass is 10.0. The molecule has 0 bridgehead atoms. The molecule has 0 aromatic heterocycles. The molecule has 0 aliphatic rings. The van der Waals surface area contributed by atoms with Gasteiger partial charge in [0.2, 0.25) is 17.7 Å². The molecule has 11 nitrogen and oxygen atoms in total. The lowest BCUT2D eigenvalue weighted by Crippen LogP contribution is -2.59. The number of unbranched alkanes of at least 4 members (excludes halogenated alkanes) is 1. The zero-order valence-electron chi connectivity index (χ0n) is 18.2. The normalized spacial score (nSPS) is 15.2. The fraction of sp³-hybridized carbons (Fsp3) is 0.789. The van der Waals surface area contributed by atoms with Crippen LogP contribution in [0.1, 0.15) is 47.0 Å². The number of nitrogens with two attached hydrogens (primary N) is 2. The Hall–Kier alpha value is -2.24. The van der Waals surface area contributed by atoms with E-state index in [0.29, 0.717) is 19.4 Å². The third kappa shape index (κ3) is 9.51. The van der Waals surface area contributed by atoms with Crippen LogP contribution in [0.4, 0.5) is 0 Å². The number of aliphatic hydroxyl groups excluding tert-OH is 1. The van der Waals surface area contributed by atoms with Crippen LogP contribution in [0.5, 0.6) is 0 Å². The van der Waals surface area contributed by atoms with Crippen LogP contribution in [-0.4, -0.2) is 71.2 Å². The highest BCUT2D eigenvalue weighted by Crippen LogP contribution is 2.06. The fourth-order valence-corrected chi connectivity index (χ4v) is 2.66. The van der Waals surface area contributed by atoms with Gasteiger partial charge in [0.25, 0.3) is 0 Å². The van der Waals surface area contributed by atoms with Crippen molar-refractivity contribution in [3.63, 3.8) is 0 Å². The first-order chi connectivity index (χ1) is 14.0. The van der Waals surface area contributed by atoms with Gasteiger partial charge in [-0.3, -0.25) is 14.4 Å². The van der Waals surface area contributed by atoms with Gasteiger partial charge in [0, 0.05) is 0 Å². The summed E-state index contributed by atoms with van der Waals surface area (Å²) >= 11 is 0. The van der Waals surface area contributed by atoms with Gasteiger partial charge in [-0.15, -0.1) is 0 Å². The number of hydrogen-bond acceptors (Lipinski definition) is 7. The Morgan fingerprint density at radius 1 is 0.833 bits per heavy atom. The van der Waals surface area contributed by atoms with Gasteiger partial charge in [-0.2, -0.15) is 0 Å². The van der Waals surface area contributed by atoms with Crippen LogP contribution in [-0.2, 0) is 19.2 Å². The van der Waals surface area contributed by atoms with Crippen molar-refractivity contribution >= 4 is 23.7 Å². The van der Waals surface area contributed by atoms with E-state index in [2.05, 4.69) is 16.0 Å². The summed E-state index contributed by atoms with van der Waals surface area (Å²) in [6.07, 6.45) is 1.83.